The van der Waals surface area contributed by atoms with Crippen LogP contribution in [-0.4, -0.2) is 43.5 Å². The molecule has 0 aliphatic rings. The number of rotatable bonds is 9. The predicted molar refractivity (Wildman–Crippen MR) is 198 cm³/mol. The van der Waals surface area contributed by atoms with Gasteiger partial charge in [0.05, 0.1) is 0 Å². The molecule has 0 aliphatic carbocycles. The molecule has 43 heavy (non-hydrogen) atoms. The second-order valence-electron chi connectivity index (χ2n) is 13.4. The summed E-state index contributed by atoms with van der Waals surface area (Å²) in [6, 6.07) is 56.3. The van der Waals surface area contributed by atoms with Gasteiger partial charge in [-0.3, -0.25) is 0 Å². The molecule has 0 unspecified atom stereocenters. The minimum absolute atomic E-state index is 0.0725. The quantitative estimate of drug-likeness (QED) is 0.103. The van der Waals surface area contributed by atoms with E-state index in [1.807, 2.05) is 0 Å². The molecule has 0 saturated heterocycles. The first-order chi connectivity index (χ1) is 20.7. The summed E-state index contributed by atoms with van der Waals surface area (Å²) in [5.41, 5.74) is 9.71. The van der Waals surface area contributed by atoms with E-state index in [2.05, 4.69) is 181 Å². The van der Waals surface area contributed by atoms with Crippen molar-refractivity contribution in [2.45, 2.75) is 29.6 Å². The molecule has 0 fully saturated rings. The van der Waals surface area contributed by atoms with Gasteiger partial charge >= 0.3 is 271 Å². The summed E-state index contributed by atoms with van der Waals surface area (Å²) < 4.78 is 3.19. The van der Waals surface area contributed by atoms with Crippen molar-refractivity contribution in [1.82, 2.24) is 0 Å². The third-order valence-corrected chi connectivity index (χ3v) is 19.8. The van der Waals surface area contributed by atoms with E-state index >= 15 is 0 Å². The van der Waals surface area contributed by atoms with Gasteiger partial charge < -0.3 is 0 Å². The van der Waals surface area contributed by atoms with Crippen molar-refractivity contribution in [1.29, 1.82) is 0 Å². The third-order valence-electron chi connectivity index (χ3n) is 8.04. The van der Waals surface area contributed by atoms with Crippen molar-refractivity contribution >= 4 is 67.1 Å². The molecule has 0 bridgehead atoms. The molecule has 214 valence electrons. The van der Waals surface area contributed by atoms with Gasteiger partial charge in [-0.25, -0.2) is 0 Å². The molecular formula is C40H43BSn2. The average molecular weight is 772 g/mol. The molecule has 0 aliphatic heterocycles. The van der Waals surface area contributed by atoms with Crippen LogP contribution in [0.3, 0.4) is 0 Å². The predicted octanol–water partition coefficient (Wildman–Crippen LogP) is 10.4. The van der Waals surface area contributed by atoms with E-state index in [-0.39, 0.29) is 6.71 Å². The Morgan fingerprint density at radius 1 is 0.349 bits per heavy atom. The monoisotopic (exact) mass is 774 g/mol. The Kier molecular flexibility index (Phi) is 10.2. The third kappa shape index (κ3) is 7.49. The fourth-order valence-electron chi connectivity index (χ4n) is 6.46. The zero-order valence-corrected chi connectivity index (χ0v) is 32.2. The molecule has 0 N–H and O–H groups in total. The van der Waals surface area contributed by atoms with Crippen molar-refractivity contribution in [3.05, 3.63) is 174 Å². The molecule has 5 aromatic rings. The summed E-state index contributed by atoms with van der Waals surface area (Å²) in [5, 5.41) is 0. The molecule has 0 nitrogen and oxygen atoms in total. The molecule has 5 aromatic carbocycles. The molecule has 0 spiro atoms. The topological polar surface area (TPSA) is 0 Å². The van der Waals surface area contributed by atoms with Gasteiger partial charge in [0.1, 0.15) is 0 Å². The van der Waals surface area contributed by atoms with Gasteiger partial charge in [-0.15, -0.1) is 0 Å². The van der Waals surface area contributed by atoms with E-state index in [1.165, 1.54) is 38.7 Å². The van der Waals surface area contributed by atoms with Gasteiger partial charge in [-0.1, -0.05) is 0 Å². The molecule has 5 rings (SSSR count). The summed E-state index contributed by atoms with van der Waals surface area (Å²) >= 11 is -5.64. The number of hydrogen-bond donors (Lipinski definition) is 0. The summed E-state index contributed by atoms with van der Waals surface area (Å²) in [5.74, 6) is 0. The Bertz CT molecular complexity index is 1570. The number of hydrogen-bond acceptors (Lipinski definition) is 0. The fraction of sp³-hybridized carbons (Fsp3) is 0.150. The number of benzene rings is 5. The van der Waals surface area contributed by atoms with E-state index in [0.29, 0.717) is 0 Å². The molecule has 0 heterocycles. The first kappa shape index (κ1) is 31.7. The van der Waals surface area contributed by atoms with Crippen LogP contribution in [0.4, 0.5) is 0 Å². The first-order valence-corrected chi connectivity index (χ1v) is 35.4. The Hall–Kier alpha value is -2.76. The van der Waals surface area contributed by atoms with Crippen LogP contribution in [0, 0.1) is 0 Å². The normalized spacial score (nSPS) is 13.2. The molecule has 0 amide bonds. The summed E-state index contributed by atoms with van der Waals surface area (Å²) in [4.78, 5) is 15.5. The average Bonchev–Trinajstić information content (AvgIpc) is 3.01. The van der Waals surface area contributed by atoms with Crippen molar-refractivity contribution in [2.24, 2.45) is 0 Å². The molecule has 0 radical (unpaired) electrons. The minimum atomic E-state index is -2.82. The Morgan fingerprint density at radius 2 is 0.605 bits per heavy atom. The van der Waals surface area contributed by atoms with E-state index in [9.17, 15) is 0 Å². The van der Waals surface area contributed by atoms with Gasteiger partial charge in [-0.05, 0) is 0 Å². The second kappa shape index (κ2) is 13.9. The Morgan fingerprint density at radius 3 is 0.884 bits per heavy atom. The maximum atomic E-state index is 2.58. The summed E-state index contributed by atoms with van der Waals surface area (Å²) in [6.07, 6.45) is 0. The van der Waals surface area contributed by atoms with Crippen LogP contribution in [0.25, 0.3) is 18.1 Å². The molecular weight excluding hydrogens is 729 g/mol. The van der Waals surface area contributed by atoms with Crippen LogP contribution in [0.5, 0.6) is 0 Å². The van der Waals surface area contributed by atoms with Crippen molar-refractivity contribution in [2.75, 3.05) is 0 Å². The fourth-order valence-corrected chi connectivity index (χ4v) is 18.6. The molecule has 0 atom stereocenters. The SMILES string of the molecule is [CH3][Sn]([CH3])([CH3])/[C](=C(/B(/C(=[C](/c1ccccc1)[Sn]([CH3])([CH3])[CH3])c1ccccc1)c1ccccc1)c1ccccc1)c1ccccc1. The van der Waals surface area contributed by atoms with Gasteiger partial charge in [0.25, 0.3) is 0 Å². The maximum absolute atomic E-state index is 2.82. The zero-order valence-electron chi connectivity index (χ0n) is 26.5. The van der Waals surface area contributed by atoms with Crippen LogP contribution in [0.15, 0.2) is 152 Å². The van der Waals surface area contributed by atoms with Crippen LogP contribution in [0.2, 0.25) is 29.6 Å². The van der Waals surface area contributed by atoms with Gasteiger partial charge in [0, 0.05) is 0 Å². The van der Waals surface area contributed by atoms with Gasteiger partial charge in [-0.2, -0.15) is 0 Å². The van der Waals surface area contributed by atoms with Crippen LogP contribution < -0.4 is 5.46 Å². The van der Waals surface area contributed by atoms with Crippen LogP contribution >= 0.6 is 0 Å². The van der Waals surface area contributed by atoms with E-state index in [4.69, 9.17) is 0 Å². The Balaban J connectivity index is 2.06. The van der Waals surface area contributed by atoms with Gasteiger partial charge in [0.2, 0.25) is 0 Å². The molecule has 0 saturated carbocycles. The molecule has 3 heteroatoms. The van der Waals surface area contributed by atoms with Crippen molar-refractivity contribution < 1.29 is 0 Å². The summed E-state index contributed by atoms with van der Waals surface area (Å²) in [7, 11) is 0. The standard InChI is InChI=1S/C34H25B.6CH3.2Sn/c1-6-16-28(17-7-1)26-33(30-20-10-3-11-21-30)35(32-24-14-5-15-25-32)34(31-22-12-4-13-23-31)27-29-18-8-2-9-19-29;;;;;;;;/h1-25H;6*1H3;;. The second-order valence-corrected chi connectivity index (χ2v) is 41.9. The van der Waals surface area contributed by atoms with Crippen LogP contribution in [0.1, 0.15) is 22.3 Å². The van der Waals surface area contributed by atoms with E-state index in [0.717, 1.165) is 0 Å². The van der Waals surface area contributed by atoms with Crippen molar-refractivity contribution in [3.8, 4) is 0 Å². The van der Waals surface area contributed by atoms with Crippen molar-refractivity contribution in [3.63, 3.8) is 0 Å². The van der Waals surface area contributed by atoms with Crippen LogP contribution in [-0.2, 0) is 0 Å². The Labute approximate surface area is 268 Å². The summed E-state index contributed by atoms with van der Waals surface area (Å²) in [6.45, 7) is 0.0725. The zero-order chi connectivity index (χ0) is 30.5. The first-order valence-electron chi connectivity index (χ1n) is 15.4. The molecule has 0 aromatic heterocycles. The van der Waals surface area contributed by atoms with E-state index in [1.54, 1.807) is 7.18 Å². The van der Waals surface area contributed by atoms with E-state index < -0.39 is 36.8 Å². The van der Waals surface area contributed by atoms with Gasteiger partial charge in [0.15, 0.2) is 0 Å².